The lowest BCUT2D eigenvalue weighted by Gasteiger charge is -2.09. The van der Waals surface area contributed by atoms with E-state index in [0.29, 0.717) is 5.95 Å². The zero-order valence-corrected chi connectivity index (χ0v) is 10.3. The fraction of sp³-hybridized carbons (Fsp3) is 0.385. The summed E-state index contributed by atoms with van der Waals surface area (Å²) in [5, 5.41) is 4.32. The molecular weight excluding hydrogens is 212 g/mol. The van der Waals surface area contributed by atoms with Crippen LogP contribution < -0.4 is 5.32 Å². The van der Waals surface area contributed by atoms with Gasteiger partial charge in [0.15, 0.2) is 0 Å². The molecule has 0 aliphatic rings. The van der Waals surface area contributed by atoms with E-state index in [2.05, 4.69) is 34.3 Å². The summed E-state index contributed by atoms with van der Waals surface area (Å²) in [5.74, 6) is 0.711. The lowest BCUT2D eigenvalue weighted by atomic mass is 10.2. The van der Waals surface area contributed by atoms with Gasteiger partial charge in [-0.05, 0) is 33.1 Å². The highest BCUT2D eigenvalue weighted by atomic mass is 15.1. The summed E-state index contributed by atoms with van der Waals surface area (Å²) in [6.45, 7) is 1.97. The number of aromatic nitrogens is 2. The van der Waals surface area contributed by atoms with E-state index in [4.69, 9.17) is 0 Å². The number of hydrogen-bond donors (Lipinski definition) is 1. The zero-order valence-electron chi connectivity index (χ0n) is 10.3. The predicted molar refractivity (Wildman–Crippen MR) is 71.2 cm³/mol. The van der Waals surface area contributed by atoms with Gasteiger partial charge >= 0.3 is 0 Å². The van der Waals surface area contributed by atoms with Crippen molar-refractivity contribution >= 4 is 16.9 Å². The first-order chi connectivity index (χ1) is 8.25. The van der Waals surface area contributed by atoms with Crippen LogP contribution in [0.1, 0.15) is 6.42 Å². The third-order valence-corrected chi connectivity index (χ3v) is 2.55. The van der Waals surface area contributed by atoms with Crippen LogP contribution in [0.2, 0.25) is 0 Å². The minimum Gasteiger partial charge on any atom is -0.354 e. The van der Waals surface area contributed by atoms with Crippen LogP contribution in [0.25, 0.3) is 10.9 Å². The summed E-state index contributed by atoms with van der Waals surface area (Å²) < 4.78 is 0. The van der Waals surface area contributed by atoms with E-state index in [9.17, 15) is 0 Å². The molecule has 1 N–H and O–H groups in total. The Morgan fingerprint density at radius 1 is 1.24 bits per heavy atom. The van der Waals surface area contributed by atoms with E-state index in [1.165, 1.54) is 0 Å². The zero-order chi connectivity index (χ0) is 12.1. The number of anilines is 1. The number of para-hydroxylation sites is 1. The maximum Gasteiger partial charge on any atom is 0.223 e. The lowest BCUT2D eigenvalue weighted by Crippen LogP contribution is -2.16. The highest BCUT2D eigenvalue weighted by Gasteiger charge is 1.98. The Balaban J connectivity index is 1.95. The number of benzene rings is 1. The first kappa shape index (κ1) is 11.8. The number of nitrogens with zero attached hydrogens (tertiary/aromatic N) is 3. The standard InChI is InChI=1S/C13H18N4/c1-17(2)9-5-8-14-13-15-10-11-6-3-4-7-12(11)16-13/h3-4,6-7,10H,5,8-9H2,1-2H3,(H,14,15,16). The van der Waals surface area contributed by atoms with Gasteiger partial charge in [-0.25, -0.2) is 9.97 Å². The Labute approximate surface area is 102 Å². The molecule has 1 heterocycles. The molecular formula is C13H18N4. The van der Waals surface area contributed by atoms with Gasteiger partial charge in [0.05, 0.1) is 5.52 Å². The summed E-state index contributed by atoms with van der Waals surface area (Å²) in [4.78, 5) is 10.9. The Hall–Kier alpha value is -1.68. The van der Waals surface area contributed by atoms with E-state index in [0.717, 1.165) is 30.4 Å². The molecule has 0 radical (unpaired) electrons. The van der Waals surface area contributed by atoms with Crippen molar-refractivity contribution in [2.24, 2.45) is 0 Å². The molecule has 2 aromatic rings. The minimum atomic E-state index is 0.711. The average molecular weight is 230 g/mol. The molecule has 90 valence electrons. The third kappa shape index (κ3) is 3.39. The molecule has 0 saturated carbocycles. The maximum absolute atomic E-state index is 4.46. The quantitative estimate of drug-likeness (QED) is 0.798. The molecule has 0 spiro atoms. The van der Waals surface area contributed by atoms with Crippen LogP contribution in [0, 0.1) is 0 Å². The molecule has 0 saturated heterocycles. The summed E-state index contributed by atoms with van der Waals surface area (Å²) >= 11 is 0. The van der Waals surface area contributed by atoms with Gasteiger partial charge in [-0.2, -0.15) is 0 Å². The van der Waals surface area contributed by atoms with Crippen molar-refractivity contribution in [2.45, 2.75) is 6.42 Å². The molecule has 4 heteroatoms. The number of fused-ring (bicyclic) bond motifs is 1. The van der Waals surface area contributed by atoms with E-state index in [1.54, 1.807) is 0 Å². The Bertz CT molecular complexity index is 482. The summed E-state index contributed by atoms with van der Waals surface area (Å²) in [5.41, 5.74) is 0.984. The molecule has 17 heavy (non-hydrogen) atoms. The van der Waals surface area contributed by atoms with Crippen molar-refractivity contribution in [3.8, 4) is 0 Å². The topological polar surface area (TPSA) is 41.0 Å². The van der Waals surface area contributed by atoms with Crippen LogP contribution in [0.15, 0.2) is 30.5 Å². The number of rotatable bonds is 5. The summed E-state index contributed by atoms with van der Waals surface area (Å²) in [6.07, 6.45) is 2.94. The molecule has 0 aliphatic carbocycles. The van der Waals surface area contributed by atoms with Crippen LogP contribution in [0.3, 0.4) is 0 Å². The van der Waals surface area contributed by atoms with E-state index >= 15 is 0 Å². The van der Waals surface area contributed by atoms with Crippen molar-refractivity contribution in [1.82, 2.24) is 14.9 Å². The summed E-state index contributed by atoms with van der Waals surface area (Å²) in [7, 11) is 4.15. The molecule has 0 aliphatic heterocycles. The smallest absolute Gasteiger partial charge is 0.223 e. The molecule has 1 aromatic carbocycles. The molecule has 4 nitrogen and oxygen atoms in total. The van der Waals surface area contributed by atoms with Crippen molar-refractivity contribution in [3.63, 3.8) is 0 Å². The average Bonchev–Trinajstić information content (AvgIpc) is 2.34. The monoisotopic (exact) mass is 230 g/mol. The van der Waals surface area contributed by atoms with Crippen molar-refractivity contribution in [1.29, 1.82) is 0 Å². The van der Waals surface area contributed by atoms with Crippen LogP contribution >= 0.6 is 0 Å². The van der Waals surface area contributed by atoms with Gasteiger partial charge in [-0.3, -0.25) is 0 Å². The van der Waals surface area contributed by atoms with Crippen LogP contribution in [0.4, 0.5) is 5.95 Å². The van der Waals surface area contributed by atoms with Gasteiger partial charge in [0, 0.05) is 18.1 Å². The minimum absolute atomic E-state index is 0.711. The van der Waals surface area contributed by atoms with Gasteiger partial charge in [0.25, 0.3) is 0 Å². The van der Waals surface area contributed by atoms with Gasteiger partial charge in [-0.15, -0.1) is 0 Å². The Morgan fingerprint density at radius 2 is 2.06 bits per heavy atom. The van der Waals surface area contributed by atoms with Crippen molar-refractivity contribution in [3.05, 3.63) is 30.5 Å². The van der Waals surface area contributed by atoms with E-state index in [-0.39, 0.29) is 0 Å². The first-order valence-corrected chi connectivity index (χ1v) is 5.86. The van der Waals surface area contributed by atoms with E-state index in [1.807, 2.05) is 30.5 Å². The van der Waals surface area contributed by atoms with Crippen molar-refractivity contribution < 1.29 is 0 Å². The van der Waals surface area contributed by atoms with Crippen molar-refractivity contribution in [2.75, 3.05) is 32.5 Å². The first-order valence-electron chi connectivity index (χ1n) is 5.86. The molecule has 0 bridgehead atoms. The molecule has 0 atom stereocenters. The molecule has 1 aromatic heterocycles. The van der Waals surface area contributed by atoms with E-state index < -0.39 is 0 Å². The van der Waals surface area contributed by atoms with Gasteiger partial charge in [0.2, 0.25) is 5.95 Å². The molecule has 0 unspecified atom stereocenters. The molecule has 0 amide bonds. The fourth-order valence-corrected chi connectivity index (χ4v) is 1.65. The number of hydrogen-bond acceptors (Lipinski definition) is 4. The highest BCUT2D eigenvalue weighted by Crippen LogP contribution is 2.11. The molecule has 0 fully saturated rings. The fourth-order valence-electron chi connectivity index (χ4n) is 1.65. The predicted octanol–water partition coefficient (Wildman–Crippen LogP) is 1.99. The molecule has 2 rings (SSSR count). The SMILES string of the molecule is CN(C)CCCNc1ncc2ccccc2n1. The number of nitrogens with one attached hydrogen (secondary N) is 1. The van der Waals surface area contributed by atoms with Gasteiger partial charge < -0.3 is 10.2 Å². The second-order valence-corrected chi connectivity index (χ2v) is 4.34. The maximum atomic E-state index is 4.46. The van der Waals surface area contributed by atoms with Crippen LogP contribution in [-0.4, -0.2) is 42.1 Å². The van der Waals surface area contributed by atoms with Crippen LogP contribution in [0.5, 0.6) is 0 Å². The second-order valence-electron chi connectivity index (χ2n) is 4.34. The van der Waals surface area contributed by atoms with Gasteiger partial charge in [0.1, 0.15) is 0 Å². The Kier molecular flexibility index (Phi) is 3.88. The second kappa shape index (κ2) is 5.59. The normalized spacial score (nSPS) is 11.0. The van der Waals surface area contributed by atoms with Gasteiger partial charge in [-0.1, -0.05) is 18.2 Å². The Morgan fingerprint density at radius 3 is 2.88 bits per heavy atom. The summed E-state index contributed by atoms with van der Waals surface area (Å²) in [6, 6.07) is 8.01. The largest absolute Gasteiger partial charge is 0.354 e. The highest BCUT2D eigenvalue weighted by molar-refractivity contribution is 5.78. The lowest BCUT2D eigenvalue weighted by molar-refractivity contribution is 0.405. The third-order valence-electron chi connectivity index (χ3n) is 2.55. The van der Waals surface area contributed by atoms with Crippen LogP contribution in [-0.2, 0) is 0 Å².